The summed E-state index contributed by atoms with van der Waals surface area (Å²) in [6.07, 6.45) is 1.15. The van der Waals surface area contributed by atoms with E-state index in [1.807, 2.05) is 0 Å². The Labute approximate surface area is 134 Å². The first-order valence-corrected chi connectivity index (χ1v) is 10.1. The zero-order chi connectivity index (χ0) is 15.7. The largest absolute Gasteiger partial charge is 0.376 e. The highest BCUT2D eigenvalue weighted by molar-refractivity contribution is 7.89. The highest BCUT2D eigenvalue weighted by Crippen LogP contribution is 2.35. The lowest BCUT2D eigenvalue weighted by atomic mass is 9.85. The number of hydrogen-bond acceptors (Lipinski definition) is 5. The monoisotopic (exact) mass is 331 g/mol. The third kappa shape index (κ3) is 3.48. The molecule has 0 radical (unpaired) electrons. The molecular weight excluding hydrogens is 302 g/mol. The molecule has 0 N–H and O–H groups in total. The van der Waals surface area contributed by atoms with Crippen molar-refractivity contribution in [3.63, 3.8) is 0 Å². The van der Waals surface area contributed by atoms with Crippen LogP contribution in [0.25, 0.3) is 0 Å². The van der Waals surface area contributed by atoms with Gasteiger partial charge in [0.25, 0.3) is 0 Å². The molecule has 3 aliphatic heterocycles. The van der Waals surface area contributed by atoms with Gasteiger partial charge in [-0.05, 0) is 26.3 Å². The van der Waals surface area contributed by atoms with Crippen molar-refractivity contribution < 1.29 is 13.2 Å². The van der Waals surface area contributed by atoms with E-state index in [0.717, 1.165) is 45.8 Å². The van der Waals surface area contributed by atoms with Crippen molar-refractivity contribution in [3.8, 4) is 0 Å². The van der Waals surface area contributed by atoms with Crippen LogP contribution in [0, 0.1) is 11.8 Å². The van der Waals surface area contributed by atoms with Crippen LogP contribution in [0.3, 0.4) is 0 Å². The number of piperidine rings is 1. The number of likely N-dealkylation sites (N-methyl/N-ethyl adjacent to an activating group) is 1. The van der Waals surface area contributed by atoms with Crippen LogP contribution >= 0.6 is 0 Å². The second-order valence-corrected chi connectivity index (χ2v) is 9.20. The number of ether oxygens (including phenoxy) is 1. The van der Waals surface area contributed by atoms with Gasteiger partial charge in [0.05, 0.1) is 18.5 Å². The van der Waals surface area contributed by atoms with Crippen LogP contribution in [0.1, 0.15) is 13.3 Å². The van der Waals surface area contributed by atoms with Crippen LogP contribution in [0.5, 0.6) is 0 Å². The molecule has 0 bridgehead atoms. The summed E-state index contributed by atoms with van der Waals surface area (Å²) in [6, 6.07) is 0. The topological polar surface area (TPSA) is 53.1 Å². The molecule has 3 heterocycles. The van der Waals surface area contributed by atoms with Crippen LogP contribution in [-0.4, -0.2) is 93.8 Å². The van der Waals surface area contributed by atoms with Crippen molar-refractivity contribution in [3.05, 3.63) is 0 Å². The lowest BCUT2D eigenvalue weighted by molar-refractivity contribution is 0.0360. The summed E-state index contributed by atoms with van der Waals surface area (Å²) >= 11 is 0. The predicted molar refractivity (Wildman–Crippen MR) is 86.3 cm³/mol. The Kier molecular flexibility index (Phi) is 5.09. The molecule has 0 aromatic carbocycles. The Hall–Kier alpha value is -0.210. The SMILES string of the molecule is CCS(=O)(=O)N1CC[C@@H]2CO[C@H](CN3CCN(C)CC3)[C@@H]2C1. The van der Waals surface area contributed by atoms with Gasteiger partial charge < -0.3 is 9.64 Å². The molecule has 0 aliphatic carbocycles. The van der Waals surface area contributed by atoms with Crippen molar-refractivity contribution in [1.29, 1.82) is 0 Å². The average Bonchev–Trinajstić information content (AvgIpc) is 2.92. The first-order chi connectivity index (χ1) is 10.5. The summed E-state index contributed by atoms with van der Waals surface area (Å²) in [4.78, 5) is 4.82. The van der Waals surface area contributed by atoms with Crippen molar-refractivity contribution >= 4 is 10.0 Å². The van der Waals surface area contributed by atoms with Crippen LogP contribution < -0.4 is 0 Å². The third-order valence-corrected chi connectivity index (χ3v) is 7.41. The molecule has 0 aromatic heterocycles. The van der Waals surface area contributed by atoms with Crippen LogP contribution in [0.4, 0.5) is 0 Å². The molecule has 3 fully saturated rings. The lowest BCUT2D eigenvalue weighted by Gasteiger charge is -2.38. The van der Waals surface area contributed by atoms with Crippen LogP contribution in [0.15, 0.2) is 0 Å². The highest BCUT2D eigenvalue weighted by Gasteiger charge is 2.43. The number of piperazine rings is 1. The molecule has 3 rings (SSSR count). The summed E-state index contributed by atoms with van der Waals surface area (Å²) < 4.78 is 32.0. The maximum atomic E-state index is 12.1. The van der Waals surface area contributed by atoms with Crippen molar-refractivity contribution in [2.45, 2.75) is 19.4 Å². The van der Waals surface area contributed by atoms with Gasteiger partial charge in [0, 0.05) is 51.7 Å². The quantitative estimate of drug-likeness (QED) is 0.721. The molecule has 128 valence electrons. The average molecular weight is 331 g/mol. The molecule has 0 unspecified atom stereocenters. The predicted octanol–water partition coefficient (Wildman–Crippen LogP) is -0.0796. The molecular formula is C15H29N3O3S. The summed E-state index contributed by atoms with van der Waals surface area (Å²) in [7, 11) is -0.905. The molecule has 3 saturated heterocycles. The first kappa shape index (κ1) is 16.6. The summed E-state index contributed by atoms with van der Waals surface area (Å²) in [5.74, 6) is 1.12. The molecule has 6 nitrogen and oxygen atoms in total. The Morgan fingerprint density at radius 2 is 1.86 bits per heavy atom. The minimum absolute atomic E-state index is 0.197. The van der Waals surface area contributed by atoms with Gasteiger partial charge in [0.15, 0.2) is 0 Å². The Morgan fingerprint density at radius 3 is 2.55 bits per heavy atom. The van der Waals surface area contributed by atoms with E-state index in [1.54, 1.807) is 11.2 Å². The fourth-order valence-electron chi connectivity index (χ4n) is 3.91. The van der Waals surface area contributed by atoms with Crippen molar-refractivity contribution in [2.75, 3.05) is 65.2 Å². The van der Waals surface area contributed by atoms with Gasteiger partial charge in [-0.15, -0.1) is 0 Å². The van der Waals surface area contributed by atoms with Crippen LogP contribution in [0.2, 0.25) is 0 Å². The number of nitrogens with zero attached hydrogens (tertiary/aromatic N) is 3. The zero-order valence-corrected chi connectivity index (χ0v) is 14.6. The van der Waals surface area contributed by atoms with E-state index in [1.165, 1.54) is 0 Å². The minimum Gasteiger partial charge on any atom is -0.376 e. The molecule has 0 aromatic rings. The lowest BCUT2D eigenvalue weighted by Crippen LogP contribution is -2.50. The molecule has 3 aliphatic rings. The van der Waals surface area contributed by atoms with Crippen molar-refractivity contribution in [2.24, 2.45) is 11.8 Å². The number of rotatable bonds is 4. The summed E-state index contributed by atoms with van der Waals surface area (Å²) in [5.41, 5.74) is 0. The fraction of sp³-hybridized carbons (Fsp3) is 1.00. The second kappa shape index (κ2) is 6.73. The molecule has 3 atom stereocenters. The van der Waals surface area contributed by atoms with Gasteiger partial charge in [-0.2, -0.15) is 0 Å². The smallest absolute Gasteiger partial charge is 0.213 e. The Balaban J connectivity index is 1.60. The molecule has 22 heavy (non-hydrogen) atoms. The van der Waals surface area contributed by atoms with E-state index in [2.05, 4.69) is 16.8 Å². The van der Waals surface area contributed by atoms with Gasteiger partial charge in [-0.1, -0.05) is 0 Å². The maximum Gasteiger partial charge on any atom is 0.213 e. The number of sulfonamides is 1. The third-order valence-electron chi connectivity index (χ3n) is 5.56. The van der Waals surface area contributed by atoms with E-state index in [0.29, 0.717) is 24.9 Å². The Bertz CT molecular complexity index is 476. The summed E-state index contributed by atoms with van der Waals surface area (Å²) in [5, 5.41) is 0. The second-order valence-electron chi connectivity index (χ2n) is 6.95. The number of hydrogen-bond donors (Lipinski definition) is 0. The molecule has 7 heteroatoms. The van der Waals surface area contributed by atoms with Crippen molar-refractivity contribution in [1.82, 2.24) is 14.1 Å². The van der Waals surface area contributed by atoms with Gasteiger partial charge in [-0.25, -0.2) is 12.7 Å². The van der Waals surface area contributed by atoms with E-state index < -0.39 is 10.0 Å². The van der Waals surface area contributed by atoms with E-state index >= 15 is 0 Å². The Morgan fingerprint density at radius 1 is 1.14 bits per heavy atom. The van der Waals surface area contributed by atoms with E-state index in [4.69, 9.17) is 4.74 Å². The van der Waals surface area contributed by atoms with Gasteiger partial charge in [0.2, 0.25) is 10.0 Å². The maximum absolute atomic E-state index is 12.1. The molecule has 0 spiro atoms. The molecule has 0 saturated carbocycles. The fourth-order valence-corrected chi connectivity index (χ4v) is 5.05. The van der Waals surface area contributed by atoms with Gasteiger partial charge >= 0.3 is 0 Å². The normalized spacial score (nSPS) is 35.6. The summed E-state index contributed by atoms with van der Waals surface area (Å²) in [6.45, 7) is 9.21. The highest BCUT2D eigenvalue weighted by atomic mass is 32.2. The van der Waals surface area contributed by atoms with Gasteiger partial charge in [0.1, 0.15) is 0 Å². The zero-order valence-electron chi connectivity index (χ0n) is 13.8. The first-order valence-electron chi connectivity index (χ1n) is 8.50. The minimum atomic E-state index is -3.07. The van der Waals surface area contributed by atoms with E-state index in [-0.39, 0.29) is 11.9 Å². The van der Waals surface area contributed by atoms with E-state index in [9.17, 15) is 8.42 Å². The van der Waals surface area contributed by atoms with Crippen LogP contribution in [-0.2, 0) is 14.8 Å². The standard InChI is InChI=1S/C15H29N3O3S/c1-3-22(19,20)18-5-4-13-12-21-15(14(13)10-18)11-17-8-6-16(2)7-9-17/h13-15H,3-12H2,1-2H3/t13-,14-,15-/m1/s1. The molecule has 0 amide bonds. The van der Waals surface area contributed by atoms with Gasteiger partial charge in [-0.3, -0.25) is 4.90 Å². The number of fused-ring (bicyclic) bond motifs is 1.